The Labute approximate surface area is 116 Å². The monoisotopic (exact) mass is 281 g/mol. The maximum absolute atomic E-state index is 13.2. The molecule has 1 aromatic carbocycles. The summed E-state index contributed by atoms with van der Waals surface area (Å²) in [5.74, 6) is -0.204. The molecule has 1 unspecified atom stereocenters. The Hall–Kier alpha value is -1.72. The summed E-state index contributed by atoms with van der Waals surface area (Å²) in [6.45, 7) is 0.404. The van der Waals surface area contributed by atoms with E-state index in [-0.39, 0.29) is 6.04 Å². The SMILES string of the molecule is CNC(Cc1ccc(F)c(F)c1)c1ccc(COC)o1. The van der Waals surface area contributed by atoms with Crippen LogP contribution in [-0.2, 0) is 17.8 Å². The number of ether oxygens (including phenoxy) is 1. The van der Waals surface area contributed by atoms with E-state index in [1.165, 1.54) is 6.07 Å². The van der Waals surface area contributed by atoms with Gasteiger partial charge in [0.25, 0.3) is 0 Å². The third-order valence-electron chi connectivity index (χ3n) is 3.08. The van der Waals surface area contributed by atoms with Crippen LogP contribution >= 0.6 is 0 Å². The molecule has 2 rings (SSSR count). The van der Waals surface area contributed by atoms with Crippen molar-refractivity contribution in [1.82, 2.24) is 5.32 Å². The summed E-state index contributed by atoms with van der Waals surface area (Å²) in [6, 6.07) is 7.51. The highest BCUT2D eigenvalue weighted by Gasteiger charge is 2.15. The highest BCUT2D eigenvalue weighted by atomic mass is 19.2. The largest absolute Gasteiger partial charge is 0.462 e. The molecule has 1 heterocycles. The van der Waals surface area contributed by atoms with Crippen molar-refractivity contribution in [2.45, 2.75) is 19.1 Å². The van der Waals surface area contributed by atoms with Gasteiger partial charge in [-0.05, 0) is 43.3 Å². The van der Waals surface area contributed by atoms with E-state index < -0.39 is 11.6 Å². The molecular formula is C15H17F2NO2. The van der Waals surface area contributed by atoms with E-state index in [0.717, 1.165) is 17.6 Å². The molecule has 1 atom stereocenters. The van der Waals surface area contributed by atoms with E-state index in [9.17, 15) is 8.78 Å². The minimum absolute atomic E-state index is 0.106. The maximum Gasteiger partial charge on any atom is 0.159 e. The topological polar surface area (TPSA) is 34.4 Å². The molecule has 0 aliphatic rings. The van der Waals surface area contributed by atoms with Gasteiger partial charge < -0.3 is 14.5 Å². The third kappa shape index (κ3) is 3.43. The summed E-state index contributed by atoms with van der Waals surface area (Å²) in [4.78, 5) is 0. The van der Waals surface area contributed by atoms with Crippen molar-refractivity contribution < 1.29 is 17.9 Å². The second kappa shape index (κ2) is 6.63. The molecule has 108 valence electrons. The average Bonchev–Trinajstić information content (AvgIpc) is 2.89. The normalized spacial score (nSPS) is 12.6. The molecule has 0 fully saturated rings. The molecule has 0 spiro atoms. The Morgan fingerprint density at radius 2 is 2.00 bits per heavy atom. The van der Waals surface area contributed by atoms with Crippen LogP contribution in [0.2, 0.25) is 0 Å². The van der Waals surface area contributed by atoms with E-state index in [4.69, 9.17) is 9.15 Å². The summed E-state index contributed by atoms with van der Waals surface area (Å²) < 4.78 is 36.8. The molecule has 0 saturated heterocycles. The van der Waals surface area contributed by atoms with Gasteiger partial charge in [-0.2, -0.15) is 0 Å². The molecule has 0 radical (unpaired) electrons. The third-order valence-corrected chi connectivity index (χ3v) is 3.08. The average molecular weight is 281 g/mol. The second-order valence-electron chi connectivity index (χ2n) is 4.53. The molecule has 1 aromatic heterocycles. The standard InChI is InChI=1S/C15H17F2NO2/c1-18-14(15-6-4-11(20-15)9-19-2)8-10-3-5-12(16)13(17)7-10/h3-7,14,18H,8-9H2,1-2H3. The second-order valence-corrected chi connectivity index (χ2v) is 4.53. The van der Waals surface area contributed by atoms with Gasteiger partial charge >= 0.3 is 0 Å². The lowest BCUT2D eigenvalue weighted by Gasteiger charge is -2.14. The summed E-state index contributed by atoms with van der Waals surface area (Å²) in [5.41, 5.74) is 0.702. The summed E-state index contributed by atoms with van der Waals surface area (Å²) in [5, 5.41) is 3.11. The van der Waals surface area contributed by atoms with Crippen molar-refractivity contribution in [1.29, 1.82) is 0 Å². The van der Waals surface area contributed by atoms with Gasteiger partial charge in [0.2, 0.25) is 0 Å². The highest BCUT2D eigenvalue weighted by molar-refractivity contribution is 5.21. The fourth-order valence-corrected chi connectivity index (χ4v) is 2.05. The summed E-state index contributed by atoms with van der Waals surface area (Å²) >= 11 is 0. The number of hydrogen-bond acceptors (Lipinski definition) is 3. The number of furan rings is 1. The van der Waals surface area contributed by atoms with E-state index in [1.54, 1.807) is 20.2 Å². The van der Waals surface area contributed by atoms with E-state index >= 15 is 0 Å². The van der Waals surface area contributed by atoms with Crippen LogP contribution < -0.4 is 5.32 Å². The van der Waals surface area contributed by atoms with Crippen LogP contribution in [0, 0.1) is 11.6 Å². The smallest absolute Gasteiger partial charge is 0.159 e. The van der Waals surface area contributed by atoms with Crippen LogP contribution in [0.25, 0.3) is 0 Å². The first-order valence-corrected chi connectivity index (χ1v) is 6.32. The molecule has 0 amide bonds. The first kappa shape index (κ1) is 14.7. The fourth-order valence-electron chi connectivity index (χ4n) is 2.05. The van der Waals surface area contributed by atoms with Crippen molar-refractivity contribution in [2.24, 2.45) is 0 Å². The molecule has 3 nitrogen and oxygen atoms in total. The van der Waals surface area contributed by atoms with Gasteiger partial charge in [0.05, 0.1) is 6.04 Å². The minimum Gasteiger partial charge on any atom is -0.462 e. The summed E-state index contributed by atoms with van der Waals surface area (Å²) in [7, 11) is 3.39. The van der Waals surface area contributed by atoms with Crippen molar-refractivity contribution in [3.8, 4) is 0 Å². The van der Waals surface area contributed by atoms with Crippen LogP contribution in [0.15, 0.2) is 34.7 Å². The van der Waals surface area contributed by atoms with Crippen LogP contribution in [0.5, 0.6) is 0 Å². The zero-order chi connectivity index (χ0) is 14.5. The number of halogens is 2. The van der Waals surface area contributed by atoms with Crippen LogP contribution in [0.1, 0.15) is 23.1 Å². The Morgan fingerprint density at radius 3 is 2.65 bits per heavy atom. The fraction of sp³-hybridized carbons (Fsp3) is 0.333. The zero-order valence-electron chi connectivity index (χ0n) is 11.5. The molecule has 0 saturated carbocycles. The molecule has 5 heteroatoms. The van der Waals surface area contributed by atoms with Crippen molar-refractivity contribution in [3.05, 3.63) is 59.1 Å². The number of likely N-dealkylation sites (N-methyl/N-ethyl adjacent to an activating group) is 1. The maximum atomic E-state index is 13.2. The molecule has 2 aromatic rings. The van der Waals surface area contributed by atoms with Gasteiger partial charge in [-0.25, -0.2) is 8.78 Å². The minimum atomic E-state index is -0.838. The number of rotatable bonds is 6. The van der Waals surface area contributed by atoms with Crippen LogP contribution in [-0.4, -0.2) is 14.2 Å². The lowest BCUT2D eigenvalue weighted by Crippen LogP contribution is -2.18. The number of hydrogen-bond donors (Lipinski definition) is 1. The van der Waals surface area contributed by atoms with Crippen LogP contribution in [0.4, 0.5) is 8.78 Å². The van der Waals surface area contributed by atoms with E-state index in [0.29, 0.717) is 18.6 Å². The van der Waals surface area contributed by atoms with E-state index in [1.807, 2.05) is 12.1 Å². The van der Waals surface area contributed by atoms with Crippen molar-refractivity contribution in [2.75, 3.05) is 14.2 Å². The summed E-state index contributed by atoms with van der Waals surface area (Å²) in [6.07, 6.45) is 0.508. The van der Waals surface area contributed by atoms with Gasteiger partial charge in [-0.3, -0.25) is 0 Å². The van der Waals surface area contributed by atoms with Gasteiger partial charge in [0.15, 0.2) is 11.6 Å². The Bertz CT molecular complexity index is 569. The predicted molar refractivity (Wildman–Crippen MR) is 71.3 cm³/mol. The quantitative estimate of drug-likeness (QED) is 0.883. The molecule has 0 aliphatic carbocycles. The van der Waals surface area contributed by atoms with Crippen molar-refractivity contribution in [3.63, 3.8) is 0 Å². The first-order valence-electron chi connectivity index (χ1n) is 6.32. The Kier molecular flexibility index (Phi) is 4.87. The predicted octanol–water partition coefficient (Wildman–Crippen LogP) is 3.21. The number of nitrogens with one attached hydrogen (secondary N) is 1. The first-order chi connectivity index (χ1) is 9.63. The number of benzene rings is 1. The zero-order valence-corrected chi connectivity index (χ0v) is 11.5. The van der Waals surface area contributed by atoms with Gasteiger partial charge in [-0.1, -0.05) is 6.07 Å². The Balaban J connectivity index is 2.12. The van der Waals surface area contributed by atoms with Gasteiger partial charge in [0.1, 0.15) is 18.1 Å². The highest BCUT2D eigenvalue weighted by Crippen LogP contribution is 2.22. The molecular weight excluding hydrogens is 264 g/mol. The molecule has 20 heavy (non-hydrogen) atoms. The molecule has 1 N–H and O–H groups in total. The molecule has 0 aliphatic heterocycles. The van der Waals surface area contributed by atoms with Crippen molar-refractivity contribution >= 4 is 0 Å². The number of methoxy groups -OCH3 is 1. The lowest BCUT2D eigenvalue weighted by molar-refractivity contribution is 0.161. The Morgan fingerprint density at radius 1 is 1.20 bits per heavy atom. The molecule has 0 bridgehead atoms. The lowest BCUT2D eigenvalue weighted by atomic mass is 10.0. The van der Waals surface area contributed by atoms with Crippen LogP contribution in [0.3, 0.4) is 0 Å². The van der Waals surface area contributed by atoms with E-state index in [2.05, 4.69) is 5.32 Å². The van der Waals surface area contributed by atoms with Gasteiger partial charge in [0, 0.05) is 7.11 Å². The van der Waals surface area contributed by atoms with Gasteiger partial charge in [-0.15, -0.1) is 0 Å².